The van der Waals surface area contributed by atoms with E-state index in [0.717, 1.165) is 11.4 Å². The number of hydrogen-bond acceptors (Lipinski definition) is 4. The van der Waals surface area contributed by atoms with Gasteiger partial charge >= 0.3 is 0 Å². The lowest BCUT2D eigenvalue weighted by molar-refractivity contribution is -0.127. The number of carbonyl (C=O) groups excluding carboxylic acids is 1. The fourth-order valence-electron chi connectivity index (χ4n) is 1.20. The van der Waals surface area contributed by atoms with Crippen LogP contribution in [-0.4, -0.2) is 23.5 Å². The molecule has 0 aliphatic heterocycles. The summed E-state index contributed by atoms with van der Waals surface area (Å²) in [4.78, 5) is 16.2. The minimum Gasteiger partial charge on any atom is -0.345 e. The number of thiazole rings is 1. The van der Waals surface area contributed by atoms with Gasteiger partial charge in [-0.25, -0.2) is 4.98 Å². The van der Waals surface area contributed by atoms with Crippen molar-refractivity contribution < 1.29 is 4.79 Å². The summed E-state index contributed by atoms with van der Waals surface area (Å²) in [7, 11) is 1.78. The van der Waals surface area contributed by atoms with Crippen LogP contribution < -0.4 is 10.6 Å². The Morgan fingerprint density at radius 1 is 1.62 bits per heavy atom. The van der Waals surface area contributed by atoms with Gasteiger partial charge in [-0.2, -0.15) is 0 Å². The van der Waals surface area contributed by atoms with Gasteiger partial charge in [-0.05, 0) is 27.3 Å². The summed E-state index contributed by atoms with van der Waals surface area (Å²) in [5.74, 6) is -0.00273. The van der Waals surface area contributed by atoms with Crippen molar-refractivity contribution in [1.29, 1.82) is 0 Å². The van der Waals surface area contributed by atoms with Crippen molar-refractivity contribution in [2.45, 2.75) is 38.8 Å². The molecule has 1 aromatic heterocycles. The van der Waals surface area contributed by atoms with Crippen LogP contribution >= 0.6 is 11.3 Å². The molecule has 90 valence electrons. The highest BCUT2D eigenvalue weighted by Crippen LogP contribution is 2.19. The van der Waals surface area contributed by atoms with Gasteiger partial charge in [0.25, 0.3) is 0 Å². The third-order valence-electron chi connectivity index (χ3n) is 2.66. The van der Waals surface area contributed by atoms with Crippen LogP contribution in [-0.2, 0) is 4.79 Å². The Kier molecular flexibility index (Phi) is 4.44. The van der Waals surface area contributed by atoms with Crippen LogP contribution in [0.2, 0.25) is 0 Å². The van der Waals surface area contributed by atoms with Crippen LogP contribution in [0.25, 0.3) is 0 Å². The zero-order valence-corrected chi connectivity index (χ0v) is 11.0. The van der Waals surface area contributed by atoms with Gasteiger partial charge in [0, 0.05) is 11.6 Å². The molecule has 0 saturated heterocycles. The molecule has 0 aliphatic carbocycles. The van der Waals surface area contributed by atoms with Crippen molar-refractivity contribution in [3.05, 3.63) is 16.6 Å². The lowest BCUT2D eigenvalue weighted by Gasteiger charge is -2.25. The standard InChI is InChI=1S/C11H19N3OS/c1-5-8(9-13-6-7-16-9)14-10(15)11(2,3)12-4/h6-8,12H,5H2,1-4H3,(H,14,15). The maximum Gasteiger partial charge on any atom is 0.240 e. The van der Waals surface area contributed by atoms with Gasteiger partial charge in [0.05, 0.1) is 11.6 Å². The summed E-state index contributed by atoms with van der Waals surface area (Å²) in [6.07, 6.45) is 2.61. The highest BCUT2D eigenvalue weighted by molar-refractivity contribution is 7.09. The second kappa shape index (κ2) is 5.41. The molecule has 1 amide bonds. The number of amides is 1. The number of likely N-dealkylation sites (N-methyl/N-ethyl adjacent to an activating group) is 1. The molecule has 0 fully saturated rings. The third-order valence-corrected chi connectivity index (χ3v) is 3.54. The van der Waals surface area contributed by atoms with E-state index >= 15 is 0 Å². The Balaban J connectivity index is 2.68. The lowest BCUT2D eigenvalue weighted by Crippen LogP contribution is -2.51. The predicted molar refractivity (Wildman–Crippen MR) is 66.4 cm³/mol. The second-order valence-corrected chi connectivity index (χ2v) is 5.11. The van der Waals surface area contributed by atoms with E-state index in [-0.39, 0.29) is 11.9 Å². The highest BCUT2D eigenvalue weighted by Gasteiger charge is 2.27. The quantitative estimate of drug-likeness (QED) is 0.825. The van der Waals surface area contributed by atoms with Gasteiger partial charge in [-0.1, -0.05) is 6.92 Å². The fourth-order valence-corrected chi connectivity index (χ4v) is 1.97. The van der Waals surface area contributed by atoms with Crippen molar-refractivity contribution in [3.63, 3.8) is 0 Å². The first-order valence-corrected chi connectivity index (χ1v) is 6.28. The molecular weight excluding hydrogens is 222 g/mol. The van der Waals surface area contributed by atoms with Crippen molar-refractivity contribution >= 4 is 17.2 Å². The van der Waals surface area contributed by atoms with Crippen LogP contribution in [0.1, 0.15) is 38.2 Å². The maximum atomic E-state index is 12.0. The first-order chi connectivity index (χ1) is 7.51. The van der Waals surface area contributed by atoms with E-state index in [1.165, 1.54) is 0 Å². The molecule has 0 spiro atoms. The normalized spacial score (nSPS) is 13.5. The molecule has 1 atom stereocenters. The smallest absolute Gasteiger partial charge is 0.240 e. The predicted octanol–water partition coefficient (Wildman–Crippen LogP) is 1.71. The largest absolute Gasteiger partial charge is 0.345 e. The molecule has 1 aromatic rings. The SMILES string of the molecule is CCC(NC(=O)C(C)(C)NC)c1nccs1. The van der Waals surface area contributed by atoms with Gasteiger partial charge in [0.1, 0.15) is 5.01 Å². The monoisotopic (exact) mass is 241 g/mol. The average molecular weight is 241 g/mol. The fraction of sp³-hybridized carbons (Fsp3) is 0.636. The molecule has 5 heteroatoms. The van der Waals surface area contributed by atoms with Gasteiger partial charge in [0.2, 0.25) is 5.91 Å². The van der Waals surface area contributed by atoms with Crippen molar-refractivity contribution in [2.75, 3.05) is 7.05 Å². The summed E-state index contributed by atoms with van der Waals surface area (Å²) >= 11 is 1.57. The van der Waals surface area contributed by atoms with Gasteiger partial charge in [-0.15, -0.1) is 11.3 Å². The Morgan fingerprint density at radius 2 is 2.31 bits per heavy atom. The zero-order chi connectivity index (χ0) is 12.2. The molecule has 1 heterocycles. The lowest BCUT2D eigenvalue weighted by atomic mass is 10.0. The summed E-state index contributed by atoms with van der Waals surface area (Å²) in [6, 6.07) is 0.0140. The van der Waals surface area contributed by atoms with Crippen LogP contribution in [0.4, 0.5) is 0 Å². The molecule has 0 aliphatic rings. The Labute approximate surface area is 100 Å². The van der Waals surface area contributed by atoms with Crippen molar-refractivity contribution in [3.8, 4) is 0 Å². The molecular formula is C11H19N3OS. The third kappa shape index (κ3) is 3.02. The van der Waals surface area contributed by atoms with E-state index in [1.54, 1.807) is 24.6 Å². The Morgan fingerprint density at radius 3 is 2.75 bits per heavy atom. The number of hydrogen-bond donors (Lipinski definition) is 2. The molecule has 0 saturated carbocycles. The summed E-state index contributed by atoms with van der Waals surface area (Å²) < 4.78 is 0. The van der Waals surface area contributed by atoms with Crippen LogP contribution in [0.5, 0.6) is 0 Å². The molecule has 0 bridgehead atoms. The zero-order valence-electron chi connectivity index (χ0n) is 10.2. The van der Waals surface area contributed by atoms with E-state index in [9.17, 15) is 4.79 Å². The van der Waals surface area contributed by atoms with Crippen molar-refractivity contribution in [2.24, 2.45) is 0 Å². The van der Waals surface area contributed by atoms with Gasteiger partial charge in [-0.3, -0.25) is 4.79 Å². The first-order valence-electron chi connectivity index (χ1n) is 5.40. The number of nitrogens with zero attached hydrogens (tertiary/aromatic N) is 1. The number of aromatic nitrogens is 1. The van der Waals surface area contributed by atoms with Crippen LogP contribution in [0.3, 0.4) is 0 Å². The minimum absolute atomic E-state index is 0.00273. The summed E-state index contributed by atoms with van der Waals surface area (Å²) in [5.41, 5.74) is -0.551. The second-order valence-electron chi connectivity index (χ2n) is 4.18. The molecule has 0 aromatic carbocycles. The Bertz CT molecular complexity index is 335. The van der Waals surface area contributed by atoms with E-state index in [4.69, 9.17) is 0 Å². The van der Waals surface area contributed by atoms with E-state index < -0.39 is 5.54 Å². The van der Waals surface area contributed by atoms with E-state index in [0.29, 0.717) is 0 Å². The summed E-state index contributed by atoms with van der Waals surface area (Å²) in [6.45, 7) is 5.76. The molecule has 2 N–H and O–H groups in total. The minimum atomic E-state index is -0.551. The molecule has 1 unspecified atom stereocenters. The van der Waals surface area contributed by atoms with Crippen LogP contribution in [0, 0.1) is 0 Å². The molecule has 0 radical (unpaired) electrons. The maximum absolute atomic E-state index is 12.0. The van der Waals surface area contributed by atoms with Gasteiger partial charge in [0.15, 0.2) is 0 Å². The number of rotatable bonds is 5. The van der Waals surface area contributed by atoms with Crippen molar-refractivity contribution in [1.82, 2.24) is 15.6 Å². The van der Waals surface area contributed by atoms with Gasteiger partial charge < -0.3 is 10.6 Å². The number of carbonyl (C=O) groups is 1. The molecule has 16 heavy (non-hydrogen) atoms. The highest BCUT2D eigenvalue weighted by atomic mass is 32.1. The van der Waals surface area contributed by atoms with Crippen LogP contribution in [0.15, 0.2) is 11.6 Å². The Hall–Kier alpha value is -0.940. The number of nitrogens with one attached hydrogen (secondary N) is 2. The molecule has 1 rings (SSSR count). The molecule has 4 nitrogen and oxygen atoms in total. The van der Waals surface area contributed by atoms with E-state index in [1.807, 2.05) is 26.2 Å². The summed E-state index contributed by atoms with van der Waals surface area (Å²) in [5, 5.41) is 8.88. The first kappa shape index (κ1) is 13.1. The average Bonchev–Trinajstić information content (AvgIpc) is 2.78. The van der Waals surface area contributed by atoms with E-state index in [2.05, 4.69) is 15.6 Å². The topological polar surface area (TPSA) is 54.0 Å².